The van der Waals surface area contributed by atoms with Gasteiger partial charge in [0.25, 0.3) is 0 Å². The Morgan fingerprint density at radius 3 is 1.07 bits per heavy atom. The zero-order valence-electron chi connectivity index (χ0n) is 21.5. The third-order valence-corrected chi connectivity index (χ3v) is 6.63. The lowest BCUT2D eigenvalue weighted by Gasteiger charge is -2.18. The van der Waals surface area contributed by atoms with Crippen LogP contribution in [0.15, 0.2) is 48.5 Å². The number of benzene rings is 5. The smallest absolute Gasteiger partial charge is 0.336 e. The Morgan fingerprint density at radius 1 is 0.550 bits per heavy atom. The van der Waals surface area contributed by atoms with E-state index in [1.807, 2.05) is 0 Å². The average Bonchev–Trinajstić information content (AvgIpc) is 2.90. The topological polar surface area (TPSA) is 176 Å². The second-order valence-corrected chi connectivity index (χ2v) is 9.06. The first-order valence-corrected chi connectivity index (χ1v) is 12.3. The van der Waals surface area contributed by atoms with Gasteiger partial charge in [-0.05, 0) is 63.0 Å². The maximum absolute atomic E-state index is 11.9. The van der Waals surface area contributed by atoms with Crippen LogP contribution in [0.2, 0.25) is 0 Å². The van der Waals surface area contributed by atoms with Crippen molar-refractivity contribution in [3.63, 3.8) is 0 Å². The second kappa shape index (κ2) is 10.9. The van der Waals surface area contributed by atoms with Crippen LogP contribution >= 0.6 is 0 Å². The van der Waals surface area contributed by atoms with Crippen LogP contribution in [0, 0.1) is 0 Å². The first-order chi connectivity index (χ1) is 19.0. The molecule has 40 heavy (non-hydrogen) atoms. The maximum atomic E-state index is 11.9. The molecule has 10 heteroatoms. The summed E-state index contributed by atoms with van der Waals surface area (Å²) in [5, 5.41) is 41.7. The van der Waals surface area contributed by atoms with Crippen molar-refractivity contribution in [2.45, 2.75) is 26.7 Å². The highest BCUT2D eigenvalue weighted by Crippen LogP contribution is 2.44. The van der Waals surface area contributed by atoms with Gasteiger partial charge in [0.2, 0.25) is 0 Å². The first-order valence-electron chi connectivity index (χ1n) is 12.3. The van der Waals surface area contributed by atoms with Crippen LogP contribution in [-0.2, 0) is 9.53 Å². The van der Waals surface area contributed by atoms with Crippen molar-refractivity contribution in [1.82, 2.24) is 0 Å². The summed E-state index contributed by atoms with van der Waals surface area (Å²) in [5.41, 5.74) is -0.696. The predicted octanol–water partition coefficient (Wildman–Crippen LogP) is 5.88. The molecule has 0 saturated carbocycles. The molecule has 0 unspecified atom stereocenters. The van der Waals surface area contributed by atoms with Gasteiger partial charge in [0.15, 0.2) is 0 Å². The Kier molecular flexibility index (Phi) is 7.54. The lowest BCUT2D eigenvalue weighted by atomic mass is 9.84. The number of carboxylic acids is 4. The molecule has 0 atom stereocenters. The number of carbonyl (C=O) groups excluding carboxylic acids is 1. The quantitative estimate of drug-likeness (QED) is 0.0837. The second-order valence-electron chi connectivity index (χ2n) is 9.06. The van der Waals surface area contributed by atoms with Crippen molar-refractivity contribution in [3.8, 4) is 0 Å². The molecule has 0 bridgehead atoms. The van der Waals surface area contributed by atoms with Crippen molar-refractivity contribution in [2.75, 3.05) is 6.61 Å². The molecule has 5 rings (SSSR count). The molecule has 0 saturated heterocycles. The summed E-state index contributed by atoms with van der Waals surface area (Å²) in [4.78, 5) is 57.6. The molecular formula is C30H24O10. The molecule has 0 aromatic heterocycles. The van der Waals surface area contributed by atoms with E-state index in [-0.39, 0.29) is 39.0 Å². The third-order valence-electron chi connectivity index (χ3n) is 6.63. The van der Waals surface area contributed by atoms with Gasteiger partial charge in [-0.2, -0.15) is 0 Å². The van der Waals surface area contributed by atoms with Gasteiger partial charge in [-0.1, -0.05) is 37.6 Å². The Labute approximate surface area is 226 Å². The summed E-state index contributed by atoms with van der Waals surface area (Å²) in [6.45, 7) is 4.06. The number of fused-ring (bicyclic) bond motifs is 2. The van der Waals surface area contributed by atoms with Crippen LogP contribution < -0.4 is 0 Å². The van der Waals surface area contributed by atoms with E-state index in [1.54, 1.807) is 0 Å². The number of carboxylic acid groups (broad SMARTS) is 4. The number of rotatable bonds is 7. The van der Waals surface area contributed by atoms with E-state index in [9.17, 15) is 44.4 Å². The predicted molar refractivity (Wildman–Crippen MR) is 147 cm³/mol. The highest BCUT2D eigenvalue weighted by Gasteiger charge is 2.25. The van der Waals surface area contributed by atoms with E-state index < -0.39 is 23.9 Å². The fourth-order valence-electron chi connectivity index (χ4n) is 4.96. The Morgan fingerprint density at radius 2 is 0.850 bits per heavy atom. The molecule has 0 heterocycles. The fraction of sp³-hybridized carbons (Fsp3) is 0.167. The number of hydrogen-bond donors (Lipinski definition) is 4. The summed E-state index contributed by atoms with van der Waals surface area (Å²) >= 11 is 0. The summed E-state index contributed by atoms with van der Waals surface area (Å²) < 4.78 is 4.64. The minimum Gasteiger partial charge on any atom is -0.478 e. The van der Waals surface area contributed by atoms with E-state index in [0.717, 1.165) is 12.8 Å². The number of hydrogen-bond acceptors (Lipinski definition) is 6. The molecule has 0 spiro atoms. The minimum atomic E-state index is -1.28. The highest BCUT2D eigenvalue weighted by atomic mass is 16.5. The van der Waals surface area contributed by atoms with Crippen LogP contribution in [-0.4, -0.2) is 56.9 Å². The van der Waals surface area contributed by atoms with Crippen LogP contribution in [0.5, 0.6) is 0 Å². The van der Waals surface area contributed by atoms with Crippen LogP contribution in [0.1, 0.15) is 68.1 Å². The van der Waals surface area contributed by atoms with E-state index in [2.05, 4.69) is 11.7 Å². The number of unbranched alkanes of at least 4 members (excludes halogenated alkanes) is 1. The zero-order valence-corrected chi connectivity index (χ0v) is 21.5. The Hall–Kier alpha value is -5.25. The molecule has 5 aromatic carbocycles. The van der Waals surface area contributed by atoms with Crippen LogP contribution in [0.3, 0.4) is 0 Å². The standard InChI is InChI=1S/C24H12O8.C6H12O2/c25-21(26)13-5-1-9-10-2-6-15(23(29)30)20-16(24(31)32)8-4-12(18(10)20)11-3-7-14(22(27)28)19(13)17(9)11;1-3-4-5-8-6(2)7/h1-8H,(H,25,26)(H,27,28)(H,29,30)(H,31,32);3-5H2,1-2H3. The molecule has 0 aliphatic carbocycles. The molecule has 0 amide bonds. The van der Waals surface area contributed by atoms with Gasteiger partial charge >= 0.3 is 29.8 Å². The van der Waals surface area contributed by atoms with Gasteiger partial charge in [0.1, 0.15) is 0 Å². The van der Waals surface area contributed by atoms with Gasteiger partial charge in [0.05, 0.1) is 28.9 Å². The molecule has 5 aromatic rings. The molecule has 0 aliphatic heterocycles. The van der Waals surface area contributed by atoms with Crippen molar-refractivity contribution in [1.29, 1.82) is 0 Å². The molecule has 4 N–H and O–H groups in total. The van der Waals surface area contributed by atoms with E-state index in [1.165, 1.54) is 55.5 Å². The number of aromatic carboxylic acids is 4. The van der Waals surface area contributed by atoms with Crippen LogP contribution in [0.25, 0.3) is 43.1 Å². The molecule has 0 radical (unpaired) electrons. The lowest BCUT2D eigenvalue weighted by Crippen LogP contribution is -2.07. The van der Waals surface area contributed by atoms with Crippen LogP contribution in [0.4, 0.5) is 0 Å². The highest BCUT2D eigenvalue weighted by molar-refractivity contribution is 6.38. The summed E-state index contributed by atoms with van der Waals surface area (Å²) in [5.74, 6) is -5.31. The summed E-state index contributed by atoms with van der Waals surface area (Å²) in [7, 11) is 0. The number of ether oxygens (including phenoxy) is 1. The molecule has 204 valence electrons. The largest absolute Gasteiger partial charge is 0.478 e. The first kappa shape index (κ1) is 27.8. The summed E-state index contributed by atoms with van der Waals surface area (Å²) in [6.07, 6.45) is 2.05. The SMILES string of the molecule is CCCCOC(C)=O.O=C(O)c1ccc2c3ccc(C(=O)O)c4c(C(=O)O)ccc(c5ccc(C(=O)O)c1c25)c43. The van der Waals surface area contributed by atoms with E-state index >= 15 is 0 Å². The van der Waals surface area contributed by atoms with Crippen molar-refractivity contribution in [3.05, 3.63) is 70.8 Å². The minimum absolute atomic E-state index is 0.0587. The van der Waals surface area contributed by atoms with Gasteiger partial charge in [0, 0.05) is 17.7 Å². The fourth-order valence-corrected chi connectivity index (χ4v) is 4.96. The number of esters is 1. The van der Waals surface area contributed by atoms with Crippen molar-refractivity contribution in [2.24, 2.45) is 0 Å². The third kappa shape index (κ3) is 4.71. The Balaban J connectivity index is 0.000000406. The summed E-state index contributed by atoms with van der Waals surface area (Å²) in [6, 6.07) is 11.4. The monoisotopic (exact) mass is 544 g/mol. The van der Waals surface area contributed by atoms with Gasteiger partial charge in [-0.3, -0.25) is 4.79 Å². The van der Waals surface area contributed by atoms with Gasteiger partial charge in [-0.25, -0.2) is 19.2 Å². The average molecular weight is 545 g/mol. The van der Waals surface area contributed by atoms with Gasteiger partial charge < -0.3 is 25.2 Å². The van der Waals surface area contributed by atoms with E-state index in [4.69, 9.17) is 0 Å². The van der Waals surface area contributed by atoms with Gasteiger partial charge in [-0.15, -0.1) is 0 Å². The zero-order chi connectivity index (χ0) is 29.3. The van der Waals surface area contributed by atoms with Crippen molar-refractivity contribution >= 4 is 72.9 Å². The van der Waals surface area contributed by atoms with Crippen molar-refractivity contribution < 1.29 is 49.1 Å². The molecular weight excluding hydrogens is 520 g/mol. The number of carbonyl (C=O) groups is 5. The maximum Gasteiger partial charge on any atom is 0.336 e. The molecule has 0 fully saturated rings. The molecule has 0 aliphatic rings. The normalized spacial score (nSPS) is 10.9. The Bertz CT molecular complexity index is 1610. The van der Waals surface area contributed by atoms with E-state index in [0.29, 0.717) is 38.9 Å². The molecule has 10 nitrogen and oxygen atoms in total. The lowest BCUT2D eigenvalue weighted by molar-refractivity contribution is -0.141.